The van der Waals surface area contributed by atoms with Crippen LogP contribution in [-0.4, -0.2) is 93.3 Å². The minimum atomic E-state index is -2.81. The number of aryl methyl sites for hydroxylation is 1. The van der Waals surface area contributed by atoms with Crippen LogP contribution in [0.3, 0.4) is 0 Å². The molecule has 3 aliphatic heterocycles. The van der Waals surface area contributed by atoms with E-state index in [9.17, 15) is 28.4 Å². The van der Waals surface area contributed by atoms with Crippen molar-refractivity contribution in [2.24, 2.45) is 5.41 Å². The maximum Gasteiger partial charge on any atom is 0.318 e. The molecular weight excluding hydrogens is 787 g/mol. The Labute approximate surface area is 353 Å². The van der Waals surface area contributed by atoms with E-state index in [1.54, 1.807) is 38.2 Å². The molecule has 0 saturated carbocycles. The molecule has 13 nitrogen and oxygen atoms in total. The van der Waals surface area contributed by atoms with Gasteiger partial charge in [-0.05, 0) is 91.8 Å². The van der Waals surface area contributed by atoms with Crippen molar-refractivity contribution in [1.82, 2.24) is 35.4 Å². The summed E-state index contributed by atoms with van der Waals surface area (Å²) in [6.07, 6.45) is 3.67. The molecule has 3 N–H and O–H groups in total. The van der Waals surface area contributed by atoms with E-state index < -0.39 is 30.0 Å². The average molecular weight is 839 g/mol. The van der Waals surface area contributed by atoms with Gasteiger partial charge in [-0.15, -0.1) is 11.3 Å². The van der Waals surface area contributed by atoms with Crippen LogP contribution < -0.4 is 20.9 Å². The second-order valence-electron chi connectivity index (χ2n) is 17.2. The van der Waals surface area contributed by atoms with Crippen molar-refractivity contribution in [2.75, 3.05) is 42.9 Å². The molecule has 4 amide bonds. The molecule has 316 valence electrons. The first-order valence-electron chi connectivity index (χ1n) is 20.5. The van der Waals surface area contributed by atoms with Crippen molar-refractivity contribution in [2.45, 2.75) is 96.7 Å². The van der Waals surface area contributed by atoms with Crippen molar-refractivity contribution in [3.05, 3.63) is 82.6 Å². The minimum absolute atomic E-state index is 0.00426. The molecule has 1 aromatic carbocycles. The predicted octanol–water partition coefficient (Wildman–Crippen LogP) is 7.54. The van der Waals surface area contributed by atoms with Crippen molar-refractivity contribution in [1.29, 1.82) is 5.26 Å². The minimum Gasteiger partial charge on any atom is -0.350 e. The van der Waals surface area contributed by atoms with E-state index in [1.165, 1.54) is 6.20 Å². The standard InChI is InChI=1S/C44H52F2N10O3S/c1-27(30-8-10-32(11-9-30)38-28(2)49-26-60-38)50-40(57)34-7-6-17-56(34)41(58)39(43(3,4)5)53-42(59)54-18-13-31(14-19-54)33-22-36(51-35-21-29(24-47)12-16-48-35)52-37(23-33)55-20-15-44(45,46)25-55/h8-12,16,21-23,26-27,31,34,39H,6-7,13-15,17-20,25H2,1-5H3,(H,50,57)(H,53,59)(H,48,51,52). The van der Waals surface area contributed by atoms with Gasteiger partial charge in [0.1, 0.15) is 29.5 Å². The number of halogens is 2. The predicted molar refractivity (Wildman–Crippen MR) is 227 cm³/mol. The van der Waals surface area contributed by atoms with Gasteiger partial charge in [0.15, 0.2) is 0 Å². The molecule has 16 heteroatoms. The lowest BCUT2D eigenvalue weighted by Gasteiger charge is -2.38. The summed E-state index contributed by atoms with van der Waals surface area (Å²) in [5.41, 5.74) is 5.49. The Morgan fingerprint density at radius 2 is 1.72 bits per heavy atom. The summed E-state index contributed by atoms with van der Waals surface area (Å²) in [7, 11) is 0. The number of carbonyl (C=O) groups excluding carboxylic acids is 3. The lowest BCUT2D eigenvalue weighted by atomic mass is 9.85. The molecule has 3 fully saturated rings. The third-order valence-electron chi connectivity index (χ3n) is 11.7. The number of hydrogen-bond donors (Lipinski definition) is 3. The van der Waals surface area contributed by atoms with Crippen LogP contribution in [-0.2, 0) is 9.59 Å². The topological polar surface area (TPSA) is 159 Å². The molecule has 0 bridgehead atoms. The lowest BCUT2D eigenvalue weighted by Crippen LogP contribution is -2.60. The van der Waals surface area contributed by atoms with Crippen LogP contribution in [0.4, 0.5) is 31.0 Å². The van der Waals surface area contributed by atoms with E-state index in [1.807, 2.05) is 76.5 Å². The van der Waals surface area contributed by atoms with Gasteiger partial charge < -0.3 is 30.7 Å². The summed E-state index contributed by atoms with van der Waals surface area (Å²) in [6, 6.07) is 14.9. The number of benzene rings is 1. The maximum atomic E-state index is 14.3. The molecule has 7 rings (SSSR count). The first kappa shape index (κ1) is 42.4. The fraction of sp³-hybridized carbons (Fsp3) is 0.477. The Balaban J connectivity index is 0.989. The molecule has 0 radical (unpaired) electrons. The number of piperidine rings is 1. The molecule has 3 aromatic heterocycles. The summed E-state index contributed by atoms with van der Waals surface area (Å²) < 4.78 is 28.6. The Bertz CT molecular complexity index is 2250. The van der Waals surface area contributed by atoms with E-state index in [2.05, 4.69) is 37.0 Å². The number of hydrogen-bond acceptors (Lipinski definition) is 10. The number of pyridine rings is 2. The van der Waals surface area contributed by atoms with Crippen molar-refractivity contribution >= 4 is 46.6 Å². The third-order valence-corrected chi connectivity index (χ3v) is 12.7. The highest BCUT2D eigenvalue weighted by Crippen LogP contribution is 2.36. The van der Waals surface area contributed by atoms with Crippen LogP contribution in [0.25, 0.3) is 10.4 Å². The van der Waals surface area contributed by atoms with Gasteiger partial charge in [-0.25, -0.2) is 28.5 Å². The number of urea groups is 1. The largest absolute Gasteiger partial charge is 0.350 e. The molecule has 3 unspecified atom stereocenters. The highest BCUT2D eigenvalue weighted by atomic mass is 32.1. The molecule has 0 spiro atoms. The summed E-state index contributed by atoms with van der Waals surface area (Å²) in [4.78, 5) is 61.2. The SMILES string of the molecule is Cc1ncsc1-c1ccc(C(C)NC(=O)C2CCCN2C(=O)C(NC(=O)N2CCC(c3cc(Nc4cc(C#N)ccn4)nc(N4CCC(F)(F)C4)c3)CC2)C(C)(C)C)cc1. The molecule has 60 heavy (non-hydrogen) atoms. The van der Waals surface area contributed by atoms with Crippen LogP contribution in [0.15, 0.2) is 60.2 Å². The normalized spacial score (nSPS) is 19.1. The molecule has 3 atom stereocenters. The second kappa shape index (κ2) is 17.5. The Kier molecular flexibility index (Phi) is 12.4. The summed E-state index contributed by atoms with van der Waals surface area (Å²) in [6.45, 7) is 10.6. The van der Waals surface area contributed by atoms with Crippen molar-refractivity contribution in [3.8, 4) is 16.5 Å². The quantitative estimate of drug-likeness (QED) is 0.147. The molecular formula is C44H52F2N10O3S. The number of carbonyl (C=O) groups is 3. The number of amides is 4. The van der Waals surface area contributed by atoms with Gasteiger partial charge in [0.05, 0.1) is 40.3 Å². The lowest BCUT2D eigenvalue weighted by molar-refractivity contribution is -0.142. The van der Waals surface area contributed by atoms with Crippen molar-refractivity contribution < 1.29 is 23.2 Å². The third kappa shape index (κ3) is 9.67. The first-order chi connectivity index (χ1) is 28.6. The number of likely N-dealkylation sites (tertiary alicyclic amines) is 2. The molecule has 3 saturated heterocycles. The zero-order valence-corrected chi connectivity index (χ0v) is 35.5. The molecule has 0 aliphatic carbocycles. The van der Waals surface area contributed by atoms with Gasteiger partial charge in [0, 0.05) is 38.8 Å². The van der Waals surface area contributed by atoms with Gasteiger partial charge in [-0.3, -0.25) is 9.59 Å². The average Bonchev–Trinajstić information content (AvgIpc) is 3.99. The van der Waals surface area contributed by atoms with E-state index >= 15 is 0 Å². The van der Waals surface area contributed by atoms with Crippen LogP contribution in [0.5, 0.6) is 0 Å². The Hall–Kier alpha value is -5.69. The van der Waals surface area contributed by atoms with Gasteiger partial charge in [0.25, 0.3) is 5.92 Å². The number of nitrogens with one attached hydrogen (secondary N) is 3. The molecule has 4 aromatic rings. The Morgan fingerprint density at radius 1 is 0.967 bits per heavy atom. The summed E-state index contributed by atoms with van der Waals surface area (Å²) in [5, 5.41) is 18.7. The number of aromatic nitrogens is 3. The number of anilines is 3. The molecule has 6 heterocycles. The van der Waals surface area contributed by atoms with Crippen LogP contribution >= 0.6 is 11.3 Å². The van der Waals surface area contributed by atoms with E-state index in [0.29, 0.717) is 68.3 Å². The number of nitrogens with zero attached hydrogens (tertiary/aromatic N) is 7. The first-order valence-corrected chi connectivity index (χ1v) is 21.4. The van der Waals surface area contributed by atoms with E-state index in [0.717, 1.165) is 27.3 Å². The monoisotopic (exact) mass is 838 g/mol. The smallest absolute Gasteiger partial charge is 0.318 e. The van der Waals surface area contributed by atoms with E-state index in [-0.39, 0.29) is 42.8 Å². The van der Waals surface area contributed by atoms with Crippen LogP contribution in [0.2, 0.25) is 0 Å². The fourth-order valence-corrected chi connectivity index (χ4v) is 9.08. The number of rotatable bonds is 10. The van der Waals surface area contributed by atoms with Crippen molar-refractivity contribution in [3.63, 3.8) is 0 Å². The fourth-order valence-electron chi connectivity index (χ4n) is 8.27. The summed E-state index contributed by atoms with van der Waals surface area (Å²) in [5.74, 6) is -2.06. The highest BCUT2D eigenvalue weighted by Gasteiger charge is 2.43. The summed E-state index contributed by atoms with van der Waals surface area (Å²) >= 11 is 1.59. The van der Waals surface area contributed by atoms with Crippen LogP contribution in [0, 0.1) is 23.7 Å². The van der Waals surface area contributed by atoms with Gasteiger partial charge in [0.2, 0.25) is 11.8 Å². The van der Waals surface area contributed by atoms with Gasteiger partial charge in [-0.2, -0.15) is 5.26 Å². The zero-order chi connectivity index (χ0) is 42.8. The van der Waals surface area contributed by atoms with Gasteiger partial charge >= 0.3 is 6.03 Å². The van der Waals surface area contributed by atoms with Gasteiger partial charge in [-0.1, -0.05) is 45.0 Å². The highest BCUT2D eigenvalue weighted by molar-refractivity contribution is 7.13. The number of alkyl halides is 2. The number of thiazole rings is 1. The van der Waals surface area contributed by atoms with E-state index in [4.69, 9.17) is 0 Å². The second-order valence-corrected chi connectivity index (χ2v) is 18.0. The molecule has 3 aliphatic rings. The van der Waals surface area contributed by atoms with Crippen LogP contribution in [0.1, 0.15) is 94.1 Å². The maximum absolute atomic E-state index is 14.3. The zero-order valence-electron chi connectivity index (χ0n) is 34.7. The number of nitriles is 1. The Morgan fingerprint density at radius 3 is 2.37 bits per heavy atom.